The second-order valence-electron chi connectivity index (χ2n) is 6.61. The molecule has 0 N–H and O–H groups in total. The van der Waals surface area contributed by atoms with E-state index in [0.29, 0.717) is 46.5 Å². The monoisotopic (exact) mass is 422 g/mol. The number of hydrogen-bond donors (Lipinski definition) is 0. The third-order valence-electron chi connectivity index (χ3n) is 4.66. The number of hydrogen-bond acceptors (Lipinski definition) is 7. The average molecular weight is 422 g/mol. The molecule has 0 aliphatic rings. The van der Waals surface area contributed by atoms with Crippen molar-refractivity contribution in [3.05, 3.63) is 76.7 Å². The van der Waals surface area contributed by atoms with Gasteiger partial charge in [0, 0.05) is 23.6 Å². The number of benzene rings is 2. The van der Waals surface area contributed by atoms with Gasteiger partial charge in [-0.25, -0.2) is 9.07 Å². The molecule has 2 heterocycles. The van der Waals surface area contributed by atoms with E-state index in [4.69, 9.17) is 14.0 Å². The lowest BCUT2D eigenvalue weighted by Gasteiger charge is -2.11. The van der Waals surface area contributed by atoms with Gasteiger partial charge in [0.05, 0.1) is 26.5 Å². The molecule has 8 nitrogen and oxygen atoms in total. The molecular weight excluding hydrogens is 403 g/mol. The Morgan fingerprint density at radius 3 is 2.58 bits per heavy atom. The van der Waals surface area contributed by atoms with Crippen LogP contribution in [0.25, 0.3) is 22.6 Å². The zero-order chi connectivity index (χ0) is 21.8. The highest BCUT2D eigenvalue weighted by molar-refractivity contribution is 5.68. The maximum absolute atomic E-state index is 13.1. The Morgan fingerprint density at radius 2 is 1.84 bits per heavy atom. The molecule has 0 aliphatic carbocycles. The van der Waals surface area contributed by atoms with Crippen molar-refractivity contribution in [1.82, 2.24) is 19.9 Å². The number of aromatic nitrogens is 4. The lowest BCUT2D eigenvalue weighted by Crippen LogP contribution is -2.23. The third-order valence-corrected chi connectivity index (χ3v) is 4.66. The molecular formula is C22H19FN4O4. The Labute approximate surface area is 176 Å². The molecule has 2 aromatic carbocycles. The molecule has 0 radical (unpaired) electrons. The molecule has 158 valence electrons. The highest BCUT2D eigenvalue weighted by atomic mass is 19.1. The Hall–Kier alpha value is -4.01. The maximum Gasteiger partial charge on any atom is 0.266 e. The first-order chi connectivity index (χ1) is 15.1. The molecule has 0 unspecified atom stereocenters. The lowest BCUT2D eigenvalue weighted by atomic mass is 10.1. The normalized spacial score (nSPS) is 10.8. The van der Waals surface area contributed by atoms with Crippen molar-refractivity contribution in [3.8, 4) is 34.1 Å². The van der Waals surface area contributed by atoms with Gasteiger partial charge < -0.3 is 14.0 Å². The Morgan fingerprint density at radius 1 is 1.03 bits per heavy atom. The first-order valence-corrected chi connectivity index (χ1v) is 9.46. The van der Waals surface area contributed by atoms with Crippen LogP contribution in [0.3, 0.4) is 0 Å². The molecule has 31 heavy (non-hydrogen) atoms. The zero-order valence-electron chi connectivity index (χ0n) is 16.9. The van der Waals surface area contributed by atoms with Crippen LogP contribution in [0.1, 0.15) is 5.89 Å². The van der Waals surface area contributed by atoms with Crippen molar-refractivity contribution >= 4 is 0 Å². The van der Waals surface area contributed by atoms with Crippen LogP contribution in [0.4, 0.5) is 4.39 Å². The molecule has 0 atom stereocenters. The van der Waals surface area contributed by atoms with Gasteiger partial charge >= 0.3 is 0 Å². The quantitative estimate of drug-likeness (QED) is 0.451. The van der Waals surface area contributed by atoms with Gasteiger partial charge in [0.1, 0.15) is 17.3 Å². The van der Waals surface area contributed by atoms with Crippen LogP contribution in [0.5, 0.6) is 11.5 Å². The fourth-order valence-corrected chi connectivity index (χ4v) is 3.04. The first kappa shape index (κ1) is 20.3. The van der Waals surface area contributed by atoms with Crippen LogP contribution in [-0.4, -0.2) is 34.1 Å². The number of aryl methyl sites for hydroxylation is 2. The molecule has 4 rings (SSSR count). The number of nitrogens with zero attached hydrogens (tertiary/aromatic N) is 4. The van der Waals surface area contributed by atoms with Crippen molar-refractivity contribution < 1.29 is 18.4 Å². The van der Waals surface area contributed by atoms with Crippen LogP contribution in [0.15, 0.2) is 63.9 Å². The molecule has 0 saturated carbocycles. The smallest absolute Gasteiger partial charge is 0.266 e. The Bertz CT molecular complexity index is 1250. The summed E-state index contributed by atoms with van der Waals surface area (Å²) >= 11 is 0. The standard InChI is InChI=1S/C22H19FN4O4/c1-29-16-7-9-19(30-2)17(13-16)18-8-10-21(28)27(25-18)12-11-20-24-22(26-31-20)14-3-5-15(23)6-4-14/h3-10,13H,11-12H2,1-2H3. The highest BCUT2D eigenvalue weighted by Crippen LogP contribution is 2.31. The van der Waals surface area contributed by atoms with Crippen LogP contribution in [-0.2, 0) is 13.0 Å². The topological polar surface area (TPSA) is 92.3 Å². The van der Waals surface area contributed by atoms with Gasteiger partial charge in [-0.2, -0.15) is 10.1 Å². The van der Waals surface area contributed by atoms with Gasteiger partial charge in [-0.05, 0) is 48.5 Å². The van der Waals surface area contributed by atoms with Crippen LogP contribution >= 0.6 is 0 Å². The van der Waals surface area contributed by atoms with Gasteiger partial charge in [0.2, 0.25) is 11.7 Å². The van der Waals surface area contributed by atoms with Crippen molar-refractivity contribution in [2.75, 3.05) is 14.2 Å². The Kier molecular flexibility index (Phi) is 5.74. The van der Waals surface area contributed by atoms with E-state index in [9.17, 15) is 9.18 Å². The summed E-state index contributed by atoms with van der Waals surface area (Å²) in [6.07, 6.45) is 0.305. The number of ether oxygens (including phenoxy) is 2. The number of methoxy groups -OCH3 is 2. The highest BCUT2D eigenvalue weighted by Gasteiger charge is 2.13. The fourth-order valence-electron chi connectivity index (χ4n) is 3.04. The lowest BCUT2D eigenvalue weighted by molar-refractivity contribution is 0.367. The van der Waals surface area contributed by atoms with E-state index in [0.717, 1.165) is 0 Å². The minimum atomic E-state index is -0.342. The summed E-state index contributed by atoms with van der Waals surface area (Å²) < 4.78 is 30.4. The number of rotatable bonds is 7. The van der Waals surface area contributed by atoms with E-state index in [1.165, 1.54) is 22.9 Å². The third kappa shape index (κ3) is 4.45. The summed E-state index contributed by atoms with van der Waals surface area (Å²) in [6.45, 7) is 0.240. The van der Waals surface area contributed by atoms with Crippen molar-refractivity contribution in [2.45, 2.75) is 13.0 Å². The predicted molar refractivity (Wildman–Crippen MR) is 110 cm³/mol. The van der Waals surface area contributed by atoms with Crippen molar-refractivity contribution in [2.24, 2.45) is 0 Å². The van der Waals surface area contributed by atoms with E-state index in [-0.39, 0.29) is 17.9 Å². The Balaban J connectivity index is 1.55. The second kappa shape index (κ2) is 8.78. The molecule has 0 spiro atoms. The molecule has 0 bridgehead atoms. The average Bonchev–Trinajstić information content (AvgIpc) is 3.27. The SMILES string of the molecule is COc1ccc(OC)c(-c2ccc(=O)n(CCc3nc(-c4ccc(F)cc4)no3)n2)c1. The minimum Gasteiger partial charge on any atom is -0.497 e. The van der Waals surface area contributed by atoms with E-state index < -0.39 is 0 Å². The summed E-state index contributed by atoms with van der Waals surface area (Å²) in [5.74, 6) is 1.61. The summed E-state index contributed by atoms with van der Waals surface area (Å²) in [5, 5.41) is 8.36. The predicted octanol–water partition coefficient (Wildman–Crippen LogP) is 3.36. The van der Waals surface area contributed by atoms with Crippen molar-refractivity contribution in [3.63, 3.8) is 0 Å². The maximum atomic E-state index is 13.1. The molecule has 0 aliphatic heterocycles. The van der Waals surface area contributed by atoms with Gasteiger partial charge in [0.15, 0.2) is 0 Å². The van der Waals surface area contributed by atoms with Gasteiger partial charge in [-0.15, -0.1) is 0 Å². The van der Waals surface area contributed by atoms with Gasteiger partial charge in [-0.3, -0.25) is 4.79 Å². The van der Waals surface area contributed by atoms with E-state index >= 15 is 0 Å². The second-order valence-corrected chi connectivity index (χ2v) is 6.61. The summed E-state index contributed by atoms with van der Waals surface area (Å²) in [4.78, 5) is 16.6. The number of halogens is 1. The molecule has 0 fully saturated rings. The molecule has 2 aromatic heterocycles. The van der Waals surface area contributed by atoms with Crippen LogP contribution in [0.2, 0.25) is 0 Å². The molecule has 0 saturated heterocycles. The fraction of sp³-hybridized carbons (Fsp3) is 0.182. The molecule has 9 heteroatoms. The largest absolute Gasteiger partial charge is 0.497 e. The first-order valence-electron chi connectivity index (χ1n) is 9.46. The van der Waals surface area contributed by atoms with Crippen LogP contribution in [0, 0.1) is 5.82 Å². The van der Waals surface area contributed by atoms with E-state index in [1.807, 2.05) is 0 Å². The van der Waals surface area contributed by atoms with Crippen molar-refractivity contribution in [1.29, 1.82) is 0 Å². The summed E-state index contributed by atoms with van der Waals surface area (Å²) in [5.41, 5.74) is 1.64. The minimum absolute atomic E-state index is 0.240. The molecule has 4 aromatic rings. The summed E-state index contributed by atoms with van der Waals surface area (Å²) in [7, 11) is 3.14. The van der Waals surface area contributed by atoms with Crippen LogP contribution < -0.4 is 15.0 Å². The molecule has 0 amide bonds. The zero-order valence-corrected chi connectivity index (χ0v) is 16.9. The summed E-state index contributed by atoms with van der Waals surface area (Å²) in [6, 6.07) is 14.2. The van der Waals surface area contributed by atoms with E-state index in [2.05, 4.69) is 15.2 Å². The van der Waals surface area contributed by atoms with E-state index in [1.54, 1.807) is 50.6 Å². The van der Waals surface area contributed by atoms with Gasteiger partial charge in [-0.1, -0.05) is 5.16 Å². The van der Waals surface area contributed by atoms with Gasteiger partial charge in [0.25, 0.3) is 5.56 Å².